The van der Waals surface area contributed by atoms with Crippen LogP contribution in [0, 0.1) is 25.7 Å². The van der Waals surface area contributed by atoms with Gasteiger partial charge in [-0.15, -0.1) is 0 Å². The van der Waals surface area contributed by atoms with Crippen LogP contribution in [0.2, 0.25) is 0 Å². The number of nitrogens with two attached hydrogens (primary N) is 1. The van der Waals surface area contributed by atoms with Crippen molar-refractivity contribution in [2.24, 2.45) is 17.0 Å². The normalized spacial score (nSPS) is 26.4. The van der Waals surface area contributed by atoms with E-state index in [0.29, 0.717) is 42.1 Å². The fourth-order valence-corrected chi connectivity index (χ4v) is 5.25. The lowest BCUT2D eigenvalue weighted by Gasteiger charge is -2.37. The first-order valence-corrected chi connectivity index (χ1v) is 11.2. The Bertz CT molecular complexity index is 824. The number of likely N-dealkylation sites (tertiary alicyclic amines) is 1. The van der Waals surface area contributed by atoms with Crippen molar-refractivity contribution in [2.45, 2.75) is 51.0 Å². The van der Waals surface area contributed by atoms with Gasteiger partial charge in [-0.1, -0.05) is 13.3 Å². The zero-order valence-electron chi connectivity index (χ0n) is 16.3. The van der Waals surface area contributed by atoms with Gasteiger partial charge < -0.3 is 4.90 Å². The van der Waals surface area contributed by atoms with E-state index in [2.05, 4.69) is 17.8 Å². The third kappa shape index (κ3) is 4.18. The fraction of sp³-hybridized carbons (Fsp3) is 0.632. The minimum absolute atomic E-state index is 0.0344. The molecule has 8 heteroatoms. The summed E-state index contributed by atoms with van der Waals surface area (Å²) in [6.45, 7) is 8.06. The number of sulfonamides is 1. The van der Waals surface area contributed by atoms with Crippen LogP contribution in [-0.4, -0.2) is 44.9 Å². The molecule has 0 aliphatic carbocycles. The lowest BCUT2D eigenvalue weighted by Crippen LogP contribution is -2.48. The maximum Gasteiger partial charge on any atom is 0.253 e. The number of carbonyl (C=O) groups excluding carboxylic acids is 1. The van der Waals surface area contributed by atoms with Crippen molar-refractivity contribution in [3.05, 3.63) is 28.8 Å². The van der Waals surface area contributed by atoms with Crippen LogP contribution in [0.3, 0.4) is 0 Å². The average Bonchev–Trinajstić information content (AvgIpc) is 3.11. The third-order valence-electron chi connectivity index (χ3n) is 6.09. The summed E-state index contributed by atoms with van der Waals surface area (Å²) >= 11 is 0. The summed E-state index contributed by atoms with van der Waals surface area (Å²) in [4.78, 5) is 15.0. The largest absolute Gasteiger partial charge is 0.338 e. The van der Waals surface area contributed by atoms with Crippen LogP contribution in [0.5, 0.6) is 0 Å². The number of benzene rings is 1. The lowest BCUT2D eigenvalue weighted by molar-refractivity contribution is 0.0634. The molecule has 0 saturated carbocycles. The molecule has 3 unspecified atom stereocenters. The molecular weight excluding hydrogens is 364 g/mol. The minimum Gasteiger partial charge on any atom is -0.338 e. The molecule has 1 aromatic carbocycles. The Morgan fingerprint density at radius 2 is 2.07 bits per heavy atom. The number of hydrogen-bond donors (Lipinski definition) is 3. The summed E-state index contributed by atoms with van der Waals surface area (Å²) in [6, 6.07) is 3.55. The Morgan fingerprint density at radius 1 is 1.33 bits per heavy atom. The molecule has 4 N–H and O–H groups in total. The molecule has 2 aliphatic heterocycles. The zero-order valence-corrected chi connectivity index (χ0v) is 17.1. The molecule has 3 rings (SSSR count). The number of piperidine rings is 1. The molecule has 1 aromatic rings. The second-order valence-electron chi connectivity index (χ2n) is 7.83. The standard InChI is InChI=1S/C19H30N4O3S/c1-4-14-10-21-22-18(14)15-6-5-7-23(11-15)19(24)16-8-12(2)13(3)17(9-16)27(20,25)26/h8-9,14-15,18,21-22H,4-7,10-11H2,1-3H3,(H2,20,25,26). The number of nitrogens with one attached hydrogen (secondary N) is 2. The first-order valence-electron chi connectivity index (χ1n) is 9.64. The van der Waals surface area contributed by atoms with Crippen LogP contribution < -0.4 is 16.0 Å². The topological polar surface area (TPSA) is 105 Å². The number of hydrazine groups is 1. The summed E-state index contributed by atoms with van der Waals surface area (Å²) in [5, 5.41) is 5.34. The number of nitrogens with zero attached hydrogens (tertiary/aromatic N) is 1. The van der Waals surface area contributed by atoms with Gasteiger partial charge in [0.15, 0.2) is 0 Å². The molecule has 1 amide bonds. The molecule has 7 nitrogen and oxygen atoms in total. The SMILES string of the molecule is CCC1CNNC1C1CCCN(C(=O)c2cc(C)c(C)c(S(N)(=O)=O)c2)C1. The summed E-state index contributed by atoms with van der Waals surface area (Å²) in [7, 11) is -3.87. The molecule has 2 aliphatic rings. The Morgan fingerprint density at radius 3 is 2.74 bits per heavy atom. The van der Waals surface area contributed by atoms with Crippen LogP contribution >= 0.6 is 0 Å². The number of carbonyl (C=O) groups is 1. The van der Waals surface area contributed by atoms with Crippen molar-refractivity contribution in [3.8, 4) is 0 Å². The maximum absolute atomic E-state index is 13.1. The van der Waals surface area contributed by atoms with Gasteiger partial charge in [0.05, 0.1) is 4.90 Å². The number of rotatable bonds is 4. The monoisotopic (exact) mass is 394 g/mol. The van der Waals surface area contributed by atoms with Crippen LogP contribution in [-0.2, 0) is 10.0 Å². The Balaban J connectivity index is 1.82. The van der Waals surface area contributed by atoms with Gasteiger partial charge in [-0.3, -0.25) is 15.6 Å². The fourth-order valence-electron chi connectivity index (χ4n) is 4.37. The van der Waals surface area contributed by atoms with E-state index in [4.69, 9.17) is 5.14 Å². The van der Waals surface area contributed by atoms with Gasteiger partial charge in [0, 0.05) is 31.2 Å². The molecule has 3 atom stereocenters. The van der Waals surface area contributed by atoms with Crippen molar-refractivity contribution in [2.75, 3.05) is 19.6 Å². The summed E-state index contributed by atoms with van der Waals surface area (Å²) in [5.74, 6) is 0.847. The predicted molar refractivity (Wildman–Crippen MR) is 105 cm³/mol. The molecule has 0 radical (unpaired) electrons. The highest BCUT2D eigenvalue weighted by Gasteiger charge is 2.36. The third-order valence-corrected chi connectivity index (χ3v) is 7.13. The smallest absolute Gasteiger partial charge is 0.253 e. The predicted octanol–water partition coefficient (Wildman–Crippen LogP) is 1.31. The minimum atomic E-state index is -3.87. The van der Waals surface area contributed by atoms with Gasteiger partial charge in [-0.25, -0.2) is 13.6 Å². The molecule has 0 spiro atoms. The second-order valence-corrected chi connectivity index (χ2v) is 9.36. The van der Waals surface area contributed by atoms with Gasteiger partial charge in [-0.2, -0.15) is 0 Å². The summed E-state index contributed by atoms with van der Waals surface area (Å²) in [6.07, 6.45) is 3.15. The quantitative estimate of drug-likeness (QED) is 0.714. The number of amides is 1. The number of aryl methyl sites for hydroxylation is 1. The highest BCUT2D eigenvalue weighted by molar-refractivity contribution is 7.89. The molecular formula is C19H30N4O3S. The van der Waals surface area contributed by atoms with Crippen molar-refractivity contribution in [1.29, 1.82) is 0 Å². The molecule has 27 heavy (non-hydrogen) atoms. The molecule has 2 heterocycles. The summed E-state index contributed by atoms with van der Waals surface area (Å²) in [5.41, 5.74) is 8.38. The van der Waals surface area contributed by atoms with E-state index >= 15 is 0 Å². The van der Waals surface area contributed by atoms with E-state index < -0.39 is 10.0 Å². The van der Waals surface area contributed by atoms with Crippen molar-refractivity contribution in [1.82, 2.24) is 15.8 Å². The van der Waals surface area contributed by atoms with Gasteiger partial charge in [0.1, 0.15) is 0 Å². The van der Waals surface area contributed by atoms with Crippen molar-refractivity contribution in [3.63, 3.8) is 0 Å². The highest BCUT2D eigenvalue weighted by atomic mass is 32.2. The van der Waals surface area contributed by atoms with Gasteiger partial charge in [0.2, 0.25) is 10.0 Å². The first kappa shape index (κ1) is 20.3. The molecule has 0 bridgehead atoms. The van der Waals surface area contributed by atoms with E-state index in [1.807, 2.05) is 4.90 Å². The van der Waals surface area contributed by atoms with Gasteiger partial charge in [0.25, 0.3) is 5.91 Å². The van der Waals surface area contributed by atoms with E-state index in [9.17, 15) is 13.2 Å². The average molecular weight is 395 g/mol. The highest BCUT2D eigenvalue weighted by Crippen LogP contribution is 2.29. The van der Waals surface area contributed by atoms with Gasteiger partial charge >= 0.3 is 0 Å². The molecule has 2 saturated heterocycles. The van der Waals surface area contributed by atoms with Crippen LogP contribution in [0.4, 0.5) is 0 Å². The molecule has 150 valence electrons. The van der Waals surface area contributed by atoms with Crippen molar-refractivity contribution < 1.29 is 13.2 Å². The number of primary sulfonamides is 1. The second kappa shape index (κ2) is 7.87. The molecule has 2 fully saturated rings. The number of hydrogen-bond acceptors (Lipinski definition) is 5. The maximum atomic E-state index is 13.1. The van der Waals surface area contributed by atoms with Gasteiger partial charge in [-0.05, 0) is 61.8 Å². The zero-order chi connectivity index (χ0) is 19.8. The Hall–Kier alpha value is -1.48. The Kier molecular flexibility index (Phi) is 5.90. The van der Waals surface area contributed by atoms with E-state index in [0.717, 1.165) is 31.4 Å². The molecule has 0 aromatic heterocycles. The summed E-state index contributed by atoms with van der Waals surface area (Å²) < 4.78 is 23.8. The van der Waals surface area contributed by atoms with E-state index in [1.54, 1.807) is 19.9 Å². The van der Waals surface area contributed by atoms with Crippen LogP contribution in [0.1, 0.15) is 47.7 Å². The van der Waals surface area contributed by atoms with E-state index in [1.165, 1.54) is 6.07 Å². The van der Waals surface area contributed by atoms with Crippen molar-refractivity contribution >= 4 is 15.9 Å². The Labute approximate surface area is 161 Å². The first-order chi connectivity index (χ1) is 12.7. The van der Waals surface area contributed by atoms with E-state index in [-0.39, 0.29) is 10.8 Å². The van der Waals surface area contributed by atoms with Crippen LogP contribution in [0.15, 0.2) is 17.0 Å². The van der Waals surface area contributed by atoms with Crippen LogP contribution in [0.25, 0.3) is 0 Å². The lowest BCUT2D eigenvalue weighted by atomic mass is 9.83.